The number of alkyl halides is 3. The number of amides is 1. The van der Waals surface area contributed by atoms with Gasteiger partial charge in [0.2, 0.25) is 0 Å². The molecule has 2 aromatic carbocycles. The molecule has 1 amide bonds. The Hall–Kier alpha value is -2.83. The largest absolute Gasteiger partial charge is 0.444 e. The highest BCUT2D eigenvalue weighted by atomic mass is 32.2. The zero-order valence-corrected chi connectivity index (χ0v) is 21.5. The third kappa shape index (κ3) is 6.48. The lowest BCUT2D eigenvalue weighted by Crippen LogP contribution is -2.50. The molecule has 1 fully saturated rings. The summed E-state index contributed by atoms with van der Waals surface area (Å²) in [6.45, 7) is 7.49. The van der Waals surface area contributed by atoms with Crippen molar-refractivity contribution in [2.24, 2.45) is 5.84 Å². The summed E-state index contributed by atoms with van der Waals surface area (Å²) >= 11 is 0. The van der Waals surface area contributed by atoms with Gasteiger partial charge >= 0.3 is 12.3 Å². The minimum atomic E-state index is -4.58. The first-order valence-electron chi connectivity index (χ1n) is 11.4. The average molecular weight is 529 g/mol. The second kappa shape index (κ2) is 10.3. The molecular weight excluding hydrogens is 497 g/mol. The number of carbonyl (C=O) groups excluding carboxylic acids is 1. The lowest BCUT2D eigenvalue weighted by atomic mass is 10.1. The minimum absolute atomic E-state index is 0.0203. The molecule has 0 radical (unpaired) electrons. The SMILES string of the molecule is Cc1ccccc1S(=O)(=O)N(N)Cc1ccc(C(F)(F)F)cc1N1CCN(C(=O)OC(C)(C)C)CC1. The van der Waals surface area contributed by atoms with Crippen LogP contribution >= 0.6 is 0 Å². The fraction of sp³-hybridized carbons (Fsp3) is 0.458. The molecule has 8 nitrogen and oxygen atoms in total. The molecule has 0 bridgehead atoms. The molecule has 0 spiro atoms. The van der Waals surface area contributed by atoms with Gasteiger partial charge in [0, 0.05) is 31.9 Å². The normalized spacial score (nSPS) is 15.4. The Morgan fingerprint density at radius 1 is 1.06 bits per heavy atom. The second-order valence-corrected chi connectivity index (χ2v) is 11.5. The molecule has 1 aliphatic heterocycles. The van der Waals surface area contributed by atoms with Crippen LogP contribution in [0.1, 0.15) is 37.5 Å². The van der Waals surface area contributed by atoms with Crippen LogP contribution in [0.25, 0.3) is 0 Å². The number of hydrogen-bond acceptors (Lipinski definition) is 6. The van der Waals surface area contributed by atoms with Gasteiger partial charge in [-0.05, 0) is 57.0 Å². The van der Waals surface area contributed by atoms with Gasteiger partial charge in [-0.15, -0.1) is 4.41 Å². The van der Waals surface area contributed by atoms with Crippen LogP contribution in [0.15, 0.2) is 47.4 Å². The van der Waals surface area contributed by atoms with Gasteiger partial charge in [0.25, 0.3) is 10.0 Å². The summed E-state index contributed by atoms with van der Waals surface area (Å²) in [5, 5.41) is 0. The van der Waals surface area contributed by atoms with E-state index < -0.39 is 33.5 Å². The third-order valence-corrected chi connectivity index (χ3v) is 7.45. The first-order chi connectivity index (χ1) is 16.6. The van der Waals surface area contributed by atoms with Crippen LogP contribution in [-0.2, 0) is 27.5 Å². The van der Waals surface area contributed by atoms with Gasteiger partial charge < -0.3 is 14.5 Å². The lowest BCUT2D eigenvalue weighted by molar-refractivity contribution is -0.137. The van der Waals surface area contributed by atoms with E-state index in [2.05, 4.69) is 0 Å². The number of hydrazine groups is 1. The first-order valence-corrected chi connectivity index (χ1v) is 12.8. The van der Waals surface area contributed by atoms with E-state index in [4.69, 9.17) is 10.6 Å². The zero-order valence-electron chi connectivity index (χ0n) is 20.7. The maximum Gasteiger partial charge on any atom is 0.416 e. The quantitative estimate of drug-likeness (QED) is 0.463. The van der Waals surface area contributed by atoms with E-state index in [1.807, 2.05) is 0 Å². The molecule has 2 N–H and O–H groups in total. The van der Waals surface area contributed by atoms with E-state index in [-0.39, 0.29) is 43.3 Å². The van der Waals surface area contributed by atoms with Crippen molar-refractivity contribution >= 4 is 21.8 Å². The van der Waals surface area contributed by atoms with Gasteiger partial charge in [-0.2, -0.15) is 13.2 Å². The van der Waals surface area contributed by atoms with Crippen molar-refractivity contribution in [2.45, 2.75) is 50.9 Å². The Morgan fingerprint density at radius 2 is 1.67 bits per heavy atom. The smallest absolute Gasteiger partial charge is 0.416 e. The summed E-state index contributed by atoms with van der Waals surface area (Å²) in [7, 11) is -4.09. The number of carbonyl (C=O) groups is 1. The number of benzene rings is 2. The maximum absolute atomic E-state index is 13.5. The molecule has 1 heterocycles. The number of sulfonamides is 1. The van der Waals surface area contributed by atoms with Crippen LogP contribution in [0.5, 0.6) is 0 Å². The number of rotatable bonds is 5. The van der Waals surface area contributed by atoms with Crippen molar-refractivity contribution in [2.75, 3.05) is 31.1 Å². The number of piperazine rings is 1. The van der Waals surface area contributed by atoms with Crippen LogP contribution in [0, 0.1) is 6.92 Å². The number of aryl methyl sites for hydroxylation is 1. The summed E-state index contributed by atoms with van der Waals surface area (Å²) in [4.78, 5) is 15.6. The number of nitrogens with two attached hydrogens (primary N) is 1. The van der Waals surface area contributed by atoms with Crippen LogP contribution < -0.4 is 10.7 Å². The number of ether oxygens (including phenoxy) is 1. The fourth-order valence-corrected chi connectivity index (χ4v) is 5.14. The highest BCUT2D eigenvalue weighted by Gasteiger charge is 2.34. The maximum atomic E-state index is 13.5. The predicted octanol–water partition coefficient (Wildman–Crippen LogP) is 4.14. The third-order valence-electron chi connectivity index (χ3n) is 5.69. The fourth-order valence-electron chi connectivity index (χ4n) is 3.85. The lowest BCUT2D eigenvalue weighted by Gasteiger charge is -2.38. The van der Waals surface area contributed by atoms with Gasteiger partial charge in [-0.25, -0.2) is 13.2 Å². The van der Waals surface area contributed by atoms with Crippen molar-refractivity contribution in [1.82, 2.24) is 9.31 Å². The van der Waals surface area contributed by atoms with Crippen molar-refractivity contribution in [3.63, 3.8) is 0 Å². The summed E-state index contributed by atoms with van der Waals surface area (Å²) in [6.07, 6.45) is -5.08. The van der Waals surface area contributed by atoms with Crippen molar-refractivity contribution in [1.29, 1.82) is 0 Å². The highest BCUT2D eigenvalue weighted by Crippen LogP contribution is 2.35. The van der Waals surface area contributed by atoms with Gasteiger partial charge in [0.1, 0.15) is 5.60 Å². The molecule has 36 heavy (non-hydrogen) atoms. The highest BCUT2D eigenvalue weighted by molar-refractivity contribution is 7.89. The average Bonchev–Trinajstić information content (AvgIpc) is 2.77. The van der Waals surface area contributed by atoms with Crippen LogP contribution in [0.2, 0.25) is 0 Å². The molecule has 0 atom stereocenters. The Labute approximate surface area is 209 Å². The van der Waals surface area contributed by atoms with E-state index in [0.717, 1.165) is 12.1 Å². The molecule has 0 aromatic heterocycles. The Bertz CT molecular complexity index is 1200. The van der Waals surface area contributed by atoms with Crippen molar-refractivity contribution in [3.05, 3.63) is 59.2 Å². The van der Waals surface area contributed by atoms with E-state index in [1.165, 1.54) is 17.0 Å². The number of halogens is 3. The summed E-state index contributed by atoms with van der Waals surface area (Å²) < 4.78 is 72.6. The van der Waals surface area contributed by atoms with Crippen molar-refractivity contribution < 1.29 is 31.1 Å². The van der Waals surface area contributed by atoms with Gasteiger partial charge in [-0.3, -0.25) is 5.84 Å². The second-order valence-electron chi connectivity index (χ2n) is 9.61. The molecule has 1 aliphatic rings. The predicted molar refractivity (Wildman–Crippen MR) is 130 cm³/mol. The topological polar surface area (TPSA) is 96.2 Å². The van der Waals surface area contributed by atoms with Crippen LogP contribution in [-0.4, -0.2) is 55.6 Å². The van der Waals surface area contributed by atoms with E-state index >= 15 is 0 Å². The number of anilines is 1. The molecule has 198 valence electrons. The first kappa shape index (κ1) is 27.8. The van der Waals surface area contributed by atoms with E-state index in [0.29, 0.717) is 15.5 Å². The molecule has 0 aliphatic carbocycles. The number of nitrogens with zero attached hydrogens (tertiary/aromatic N) is 3. The molecular formula is C24H31F3N4O4S. The van der Waals surface area contributed by atoms with Gasteiger partial charge in [-0.1, -0.05) is 24.3 Å². The molecule has 3 rings (SSSR count). The standard InChI is InChI=1S/C24H31F3N4O4S/c1-17-7-5-6-8-21(17)36(33,34)31(28)16-18-9-10-19(24(25,26)27)15-20(18)29-11-13-30(14-12-29)22(32)35-23(2,3)4/h5-10,15H,11-14,16,28H2,1-4H3. The van der Waals surface area contributed by atoms with Gasteiger partial charge in [0.15, 0.2) is 0 Å². The summed E-state index contributed by atoms with van der Waals surface area (Å²) in [5.41, 5.74) is -0.507. The Morgan fingerprint density at radius 3 is 2.22 bits per heavy atom. The van der Waals surface area contributed by atoms with Gasteiger partial charge in [0.05, 0.1) is 17.0 Å². The molecule has 0 saturated carbocycles. The summed E-state index contributed by atoms with van der Waals surface area (Å²) in [5.74, 6) is 5.96. The summed E-state index contributed by atoms with van der Waals surface area (Å²) in [6, 6.07) is 9.46. The molecule has 2 aromatic rings. The van der Waals surface area contributed by atoms with Crippen molar-refractivity contribution in [3.8, 4) is 0 Å². The van der Waals surface area contributed by atoms with Crippen LogP contribution in [0.4, 0.5) is 23.7 Å². The Balaban J connectivity index is 1.87. The Kier molecular flexibility index (Phi) is 7.92. The zero-order chi connectivity index (χ0) is 26.9. The van der Waals surface area contributed by atoms with Crippen LogP contribution in [0.3, 0.4) is 0 Å². The molecule has 0 unspecified atom stereocenters. The number of hydrogen-bond donors (Lipinski definition) is 1. The monoisotopic (exact) mass is 528 g/mol. The minimum Gasteiger partial charge on any atom is -0.444 e. The molecule has 1 saturated heterocycles. The van der Waals surface area contributed by atoms with E-state index in [1.54, 1.807) is 50.8 Å². The van der Waals surface area contributed by atoms with E-state index in [9.17, 15) is 26.4 Å². The molecule has 12 heteroatoms.